The summed E-state index contributed by atoms with van der Waals surface area (Å²) in [4.78, 5) is 4.54. The van der Waals surface area contributed by atoms with Crippen molar-refractivity contribution in [2.75, 3.05) is 25.3 Å². The number of hydrogen-bond donors (Lipinski definition) is 2. The second-order valence-electron chi connectivity index (χ2n) is 5.77. The van der Waals surface area contributed by atoms with Gasteiger partial charge in [0.2, 0.25) is 16.3 Å². The topological polar surface area (TPSA) is 89.6 Å². The first-order valence-electron chi connectivity index (χ1n) is 7.28. The molecule has 0 saturated heterocycles. The van der Waals surface area contributed by atoms with Crippen molar-refractivity contribution in [2.24, 2.45) is 0 Å². The lowest BCUT2D eigenvalue weighted by Crippen LogP contribution is -2.62. The molecule has 122 valence electrons. The van der Waals surface area contributed by atoms with Gasteiger partial charge < -0.3 is 14.8 Å². The SMILES string of the molecule is CCS(=O)(=O)NC12CC(C1)Nc1nc(C(OC)OC)ccc12. The van der Waals surface area contributed by atoms with Gasteiger partial charge in [0.15, 0.2) is 0 Å². The summed E-state index contributed by atoms with van der Waals surface area (Å²) in [5, 5.41) is 3.34. The molecular weight excluding hydrogens is 306 g/mol. The molecule has 2 aliphatic heterocycles. The van der Waals surface area contributed by atoms with E-state index < -0.39 is 21.9 Å². The molecule has 1 fully saturated rings. The van der Waals surface area contributed by atoms with Gasteiger partial charge in [0.25, 0.3) is 0 Å². The predicted molar refractivity (Wildman–Crippen MR) is 81.9 cm³/mol. The van der Waals surface area contributed by atoms with Gasteiger partial charge in [-0.3, -0.25) is 0 Å². The van der Waals surface area contributed by atoms with Crippen LogP contribution in [0.5, 0.6) is 0 Å². The van der Waals surface area contributed by atoms with Gasteiger partial charge in [-0.2, -0.15) is 0 Å². The lowest BCUT2D eigenvalue weighted by Gasteiger charge is -2.53. The highest BCUT2D eigenvalue weighted by Gasteiger charge is 2.53. The van der Waals surface area contributed by atoms with Crippen LogP contribution in [-0.2, 0) is 25.0 Å². The summed E-state index contributed by atoms with van der Waals surface area (Å²) in [7, 11) is -0.168. The number of nitrogens with zero attached hydrogens (tertiary/aromatic N) is 1. The second-order valence-corrected chi connectivity index (χ2v) is 7.78. The number of pyridine rings is 1. The van der Waals surface area contributed by atoms with Crippen LogP contribution in [0.15, 0.2) is 12.1 Å². The van der Waals surface area contributed by atoms with Gasteiger partial charge in [-0.1, -0.05) is 6.07 Å². The minimum atomic E-state index is -3.27. The fraction of sp³-hybridized carbons (Fsp3) is 0.643. The Morgan fingerprint density at radius 1 is 1.41 bits per heavy atom. The minimum absolute atomic E-state index is 0.0725. The Balaban J connectivity index is 1.96. The van der Waals surface area contributed by atoms with Gasteiger partial charge in [0.1, 0.15) is 5.82 Å². The van der Waals surface area contributed by atoms with E-state index in [1.54, 1.807) is 21.1 Å². The van der Waals surface area contributed by atoms with Crippen molar-refractivity contribution < 1.29 is 17.9 Å². The molecular formula is C14H21N3O4S. The van der Waals surface area contributed by atoms with Crippen LogP contribution < -0.4 is 10.0 Å². The number of sulfonamides is 1. The van der Waals surface area contributed by atoms with Crippen molar-refractivity contribution in [3.8, 4) is 0 Å². The number of ether oxygens (including phenoxy) is 2. The van der Waals surface area contributed by atoms with Crippen molar-refractivity contribution in [2.45, 2.75) is 37.6 Å². The normalized spacial score (nSPS) is 26.3. The first kappa shape index (κ1) is 15.7. The average Bonchev–Trinajstić information content (AvgIpc) is 2.46. The Bertz CT molecular complexity index is 667. The highest BCUT2D eigenvalue weighted by molar-refractivity contribution is 7.89. The third-order valence-electron chi connectivity index (χ3n) is 4.36. The quantitative estimate of drug-likeness (QED) is 0.761. The van der Waals surface area contributed by atoms with Crippen molar-refractivity contribution in [1.29, 1.82) is 0 Å². The molecule has 1 aromatic rings. The largest absolute Gasteiger partial charge is 0.367 e. The van der Waals surface area contributed by atoms with Gasteiger partial charge in [-0.25, -0.2) is 18.1 Å². The molecule has 0 radical (unpaired) electrons. The Kier molecular flexibility index (Phi) is 3.88. The molecule has 4 rings (SSSR count). The van der Waals surface area contributed by atoms with Gasteiger partial charge in [-0.05, 0) is 25.8 Å². The van der Waals surface area contributed by atoms with Crippen LogP contribution in [0, 0.1) is 0 Å². The summed E-state index contributed by atoms with van der Waals surface area (Å²) in [6.45, 7) is 1.64. The highest BCUT2D eigenvalue weighted by atomic mass is 32.2. The Hall–Kier alpha value is -1.22. The molecule has 0 aromatic carbocycles. The minimum Gasteiger partial charge on any atom is -0.367 e. The molecule has 3 heterocycles. The molecule has 0 unspecified atom stereocenters. The standard InChI is InChI=1S/C14H21N3O4S/c1-4-22(18,19)17-14-7-9(8-14)15-12-10(14)5-6-11(16-12)13(20-2)21-3/h5-6,9,13,17H,4,7-8H2,1-3H3,(H,15,16). The van der Waals surface area contributed by atoms with Crippen molar-refractivity contribution in [3.63, 3.8) is 0 Å². The number of hydrogen-bond acceptors (Lipinski definition) is 6. The molecule has 0 atom stereocenters. The summed E-state index contributed by atoms with van der Waals surface area (Å²) in [5.74, 6) is 0.779. The third kappa shape index (κ3) is 2.50. The molecule has 0 spiro atoms. The van der Waals surface area contributed by atoms with Crippen molar-refractivity contribution in [3.05, 3.63) is 23.4 Å². The molecule has 7 nitrogen and oxygen atoms in total. The zero-order valence-corrected chi connectivity index (χ0v) is 13.7. The number of anilines is 1. The number of nitrogens with one attached hydrogen (secondary N) is 2. The lowest BCUT2D eigenvalue weighted by molar-refractivity contribution is -0.108. The lowest BCUT2D eigenvalue weighted by atomic mass is 9.66. The van der Waals surface area contributed by atoms with E-state index in [1.165, 1.54) is 0 Å². The van der Waals surface area contributed by atoms with Gasteiger partial charge in [-0.15, -0.1) is 0 Å². The van der Waals surface area contributed by atoms with E-state index in [4.69, 9.17) is 9.47 Å². The summed E-state index contributed by atoms with van der Waals surface area (Å²) < 4.78 is 37.2. The molecule has 3 aliphatic rings. The van der Waals surface area contributed by atoms with E-state index >= 15 is 0 Å². The van der Waals surface area contributed by atoms with E-state index in [2.05, 4.69) is 15.0 Å². The Morgan fingerprint density at radius 2 is 2.09 bits per heavy atom. The monoisotopic (exact) mass is 327 g/mol. The van der Waals surface area contributed by atoms with E-state index in [9.17, 15) is 8.42 Å². The van der Waals surface area contributed by atoms with E-state index in [1.807, 2.05) is 12.1 Å². The van der Waals surface area contributed by atoms with Crippen LogP contribution in [0.2, 0.25) is 0 Å². The molecule has 22 heavy (non-hydrogen) atoms. The maximum Gasteiger partial charge on any atom is 0.212 e. The molecule has 1 saturated carbocycles. The van der Waals surface area contributed by atoms with Crippen LogP contribution in [0.4, 0.5) is 5.82 Å². The van der Waals surface area contributed by atoms with Gasteiger partial charge in [0, 0.05) is 25.8 Å². The first-order chi connectivity index (χ1) is 10.4. The molecule has 1 aromatic heterocycles. The summed E-state index contributed by atoms with van der Waals surface area (Å²) in [6.07, 6.45) is 0.963. The molecule has 0 amide bonds. The van der Waals surface area contributed by atoms with E-state index in [0.29, 0.717) is 11.5 Å². The second kappa shape index (κ2) is 5.45. The average molecular weight is 327 g/mol. The van der Waals surface area contributed by atoms with Crippen LogP contribution >= 0.6 is 0 Å². The highest BCUT2D eigenvalue weighted by Crippen LogP contribution is 2.50. The summed E-state index contributed by atoms with van der Waals surface area (Å²) in [5.41, 5.74) is 1.02. The molecule has 2 N–H and O–H groups in total. The zero-order chi connectivity index (χ0) is 16.0. The predicted octanol–water partition coefficient (Wildman–Crippen LogP) is 1.10. The maximum absolute atomic E-state index is 12.0. The maximum atomic E-state index is 12.0. The van der Waals surface area contributed by atoms with E-state index in [-0.39, 0.29) is 11.8 Å². The molecule has 2 bridgehead atoms. The number of aromatic nitrogens is 1. The van der Waals surface area contributed by atoms with Gasteiger partial charge >= 0.3 is 0 Å². The third-order valence-corrected chi connectivity index (χ3v) is 5.83. The van der Waals surface area contributed by atoms with Crippen molar-refractivity contribution in [1.82, 2.24) is 9.71 Å². The zero-order valence-electron chi connectivity index (χ0n) is 12.9. The summed E-state index contributed by atoms with van der Waals surface area (Å²) in [6, 6.07) is 3.97. The van der Waals surface area contributed by atoms with Crippen LogP contribution in [-0.4, -0.2) is 39.4 Å². The fourth-order valence-corrected chi connectivity index (χ4v) is 4.26. The van der Waals surface area contributed by atoms with Crippen LogP contribution in [0.1, 0.15) is 37.3 Å². The van der Waals surface area contributed by atoms with Crippen LogP contribution in [0.25, 0.3) is 0 Å². The molecule has 8 heteroatoms. The fourth-order valence-electron chi connectivity index (χ4n) is 3.24. The van der Waals surface area contributed by atoms with Crippen molar-refractivity contribution >= 4 is 15.8 Å². The summed E-state index contributed by atoms with van der Waals surface area (Å²) >= 11 is 0. The Morgan fingerprint density at radius 3 is 2.68 bits per heavy atom. The number of rotatable bonds is 6. The van der Waals surface area contributed by atoms with E-state index in [0.717, 1.165) is 18.4 Å². The smallest absolute Gasteiger partial charge is 0.212 e. The Labute approximate surface area is 130 Å². The van der Waals surface area contributed by atoms with Gasteiger partial charge in [0.05, 0.1) is 17.0 Å². The number of methoxy groups -OCH3 is 2. The first-order valence-corrected chi connectivity index (χ1v) is 8.93. The molecule has 1 aliphatic carbocycles. The van der Waals surface area contributed by atoms with Crippen LogP contribution in [0.3, 0.4) is 0 Å².